The number of carboxylic acids is 1. The zero-order valence-electron chi connectivity index (χ0n) is 13.5. The SMILES string of the molecule is CC(C)C(N/C=C(/C#N)C(=O)N(C)C1CCCCC1)C(=O)O. The predicted octanol–water partition coefficient (Wildman–Crippen LogP) is 1.88. The first-order valence-electron chi connectivity index (χ1n) is 7.74. The van der Waals surface area contributed by atoms with Gasteiger partial charge >= 0.3 is 5.97 Å². The summed E-state index contributed by atoms with van der Waals surface area (Å²) < 4.78 is 0. The molecule has 1 aliphatic rings. The quantitative estimate of drug-likeness (QED) is 0.577. The van der Waals surface area contributed by atoms with Gasteiger partial charge in [0.15, 0.2) is 0 Å². The fourth-order valence-corrected chi connectivity index (χ4v) is 2.69. The molecule has 0 aliphatic heterocycles. The van der Waals surface area contributed by atoms with Crippen LogP contribution < -0.4 is 5.32 Å². The van der Waals surface area contributed by atoms with E-state index in [2.05, 4.69) is 5.32 Å². The van der Waals surface area contributed by atoms with Gasteiger partial charge in [0.2, 0.25) is 0 Å². The summed E-state index contributed by atoms with van der Waals surface area (Å²) in [7, 11) is 1.71. The average molecular weight is 307 g/mol. The normalized spacial score (nSPS) is 17.7. The lowest BCUT2D eigenvalue weighted by atomic mass is 9.94. The Bertz CT molecular complexity index is 474. The molecule has 0 bridgehead atoms. The van der Waals surface area contributed by atoms with Crippen molar-refractivity contribution in [3.8, 4) is 6.07 Å². The lowest BCUT2D eigenvalue weighted by Gasteiger charge is -2.31. The first-order valence-corrected chi connectivity index (χ1v) is 7.74. The van der Waals surface area contributed by atoms with Crippen LogP contribution in [0.15, 0.2) is 11.8 Å². The maximum atomic E-state index is 12.4. The van der Waals surface area contributed by atoms with E-state index in [4.69, 9.17) is 5.11 Å². The van der Waals surface area contributed by atoms with Crippen LogP contribution in [-0.4, -0.2) is 41.0 Å². The Morgan fingerprint density at radius 2 is 1.91 bits per heavy atom. The minimum Gasteiger partial charge on any atom is -0.480 e. The summed E-state index contributed by atoms with van der Waals surface area (Å²) in [5, 5.41) is 21.0. The van der Waals surface area contributed by atoms with Gasteiger partial charge in [0.1, 0.15) is 17.7 Å². The van der Waals surface area contributed by atoms with Crippen molar-refractivity contribution in [2.45, 2.75) is 58.0 Å². The topological polar surface area (TPSA) is 93.4 Å². The van der Waals surface area contributed by atoms with E-state index in [1.807, 2.05) is 6.07 Å². The van der Waals surface area contributed by atoms with E-state index in [1.165, 1.54) is 12.6 Å². The fraction of sp³-hybridized carbons (Fsp3) is 0.688. The summed E-state index contributed by atoms with van der Waals surface area (Å²) >= 11 is 0. The van der Waals surface area contributed by atoms with Crippen LogP contribution in [0, 0.1) is 17.2 Å². The summed E-state index contributed by atoms with van der Waals surface area (Å²) in [5.74, 6) is -1.51. The molecule has 0 aromatic carbocycles. The fourth-order valence-electron chi connectivity index (χ4n) is 2.69. The maximum Gasteiger partial charge on any atom is 0.326 e. The van der Waals surface area contributed by atoms with Gasteiger partial charge in [0.05, 0.1) is 0 Å². The largest absolute Gasteiger partial charge is 0.480 e. The van der Waals surface area contributed by atoms with Crippen LogP contribution in [0.2, 0.25) is 0 Å². The molecule has 2 N–H and O–H groups in total. The molecule has 0 aromatic rings. The molecular weight excluding hydrogens is 282 g/mol. The molecule has 1 saturated carbocycles. The van der Waals surface area contributed by atoms with E-state index in [-0.39, 0.29) is 23.4 Å². The highest BCUT2D eigenvalue weighted by molar-refractivity contribution is 5.97. The highest BCUT2D eigenvalue weighted by Crippen LogP contribution is 2.22. The zero-order valence-corrected chi connectivity index (χ0v) is 13.5. The number of nitrogens with zero attached hydrogens (tertiary/aromatic N) is 2. The number of rotatable bonds is 6. The number of likely N-dealkylation sites (N-methyl/N-ethyl adjacent to an activating group) is 1. The molecule has 1 rings (SSSR count). The Morgan fingerprint density at radius 1 is 1.32 bits per heavy atom. The Kier molecular flexibility index (Phi) is 6.90. The smallest absolute Gasteiger partial charge is 0.326 e. The van der Waals surface area contributed by atoms with Crippen molar-refractivity contribution < 1.29 is 14.7 Å². The van der Waals surface area contributed by atoms with Crippen molar-refractivity contribution in [1.29, 1.82) is 5.26 Å². The van der Waals surface area contributed by atoms with E-state index in [0.717, 1.165) is 25.7 Å². The summed E-state index contributed by atoms with van der Waals surface area (Å²) in [5.41, 5.74) is -0.0556. The van der Waals surface area contributed by atoms with Gasteiger partial charge in [-0.25, -0.2) is 4.79 Å². The number of nitriles is 1. The Hall–Kier alpha value is -2.03. The summed E-state index contributed by atoms with van der Waals surface area (Å²) in [6.07, 6.45) is 6.54. The molecule has 0 spiro atoms. The molecule has 1 aliphatic carbocycles. The van der Waals surface area contributed by atoms with Gasteiger partial charge < -0.3 is 15.3 Å². The van der Waals surface area contributed by atoms with E-state index in [0.29, 0.717) is 0 Å². The Labute approximate surface area is 131 Å². The van der Waals surface area contributed by atoms with Crippen molar-refractivity contribution in [3.05, 3.63) is 11.8 Å². The number of hydrogen-bond acceptors (Lipinski definition) is 4. The van der Waals surface area contributed by atoms with Crippen LogP contribution in [0.4, 0.5) is 0 Å². The zero-order chi connectivity index (χ0) is 16.7. The summed E-state index contributed by atoms with van der Waals surface area (Å²) in [4.78, 5) is 25.1. The second-order valence-corrected chi connectivity index (χ2v) is 6.10. The van der Waals surface area contributed by atoms with Crippen molar-refractivity contribution in [2.24, 2.45) is 5.92 Å². The molecule has 0 radical (unpaired) electrons. The van der Waals surface area contributed by atoms with Crippen molar-refractivity contribution in [2.75, 3.05) is 7.05 Å². The molecule has 6 heteroatoms. The molecule has 1 unspecified atom stereocenters. The summed E-state index contributed by atoms with van der Waals surface area (Å²) in [6, 6.07) is 1.21. The number of carbonyl (C=O) groups excluding carboxylic acids is 1. The molecule has 0 aromatic heterocycles. The average Bonchev–Trinajstić information content (AvgIpc) is 2.50. The molecule has 1 fully saturated rings. The van der Waals surface area contributed by atoms with Crippen LogP contribution in [0.25, 0.3) is 0 Å². The third-order valence-electron chi connectivity index (χ3n) is 4.13. The van der Waals surface area contributed by atoms with Crippen molar-refractivity contribution in [1.82, 2.24) is 10.2 Å². The molecular formula is C16H25N3O3. The number of carboxylic acid groups (broad SMARTS) is 1. The summed E-state index contributed by atoms with van der Waals surface area (Å²) in [6.45, 7) is 3.53. The second-order valence-electron chi connectivity index (χ2n) is 6.10. The van der Waals surface area contributed by atoms with E-state index in [1.54, 1.807) is 25.8 Å². The Balaban J connectivity index is 2.76. The highest BCUT2D eigenvalue weighted by Gasteiger charge is 2.25. The maximum absolute atomic E-state index is 12.4. The monoisotopic (exact) mass is 307 g/mol. The second kappa shape index (κ2) is 8.42. The van der Waals surface area contributed by atoms with Crippen molar-refractivity contribution >= 4 is 11.9 Å². The van der Waals surface area contributed by atoms with Crippen LogP contribution >= 0.6 is 0 Å². The molecule has 122 valence electrons. The van der Waals surface area contributed by atoms with Gasteiger partial charge in [-0.1, -0.05) is 33.1 Å². The van der Waals surface area contributed by atoms with Crippen molar-refractivity contribution in [3.63, 3.8) is 0 Å². The Morgan fingerprint density at radius 3 is 2.36 bits per heavy atom. The number of aliphatic carboxylic acids is 1. The van der Waals surface area contributed by atoms with Gasteiger partial charge in [-0.05, 0) is 18.8 Å². The first-order chi connectivity index (χ1) is 10.4. The molecule has 22 heavy (non-hydrogen) atoms. The van der Waals surface area contributed by atoms with Crippen LogP contribution in [0.5, 0.6) is 0 Å². The lowest BCUT2D eigenvalue weighted by Crippen LogP contribution is -2.41. The molecule has 1 amide bonds. The van der Waals surface area contributed by atoms with Gasteiger partial charge in [0.25, 0.3) is 5.91 Å². The minimum absolute atomic E-state index is 0.0556. The standard InChI is InChI=1S/C16H25N3O3/c1-11(2)14(16(21)22)18-10-12(9-17)15(20)19(3)13-7-5-4-6-8-13/h10-11,13-14,18H,4-8H2,1-3H3,(H,21,22)/b12-10-. The third-order valence-corrected chi connectivity index (χ3v) is 4.13. The van der Waals surface area contributed by atoms with E-state index >= 15 is 0 Å². The van der Waals surface area contributed by atoms with Crippen LogP contribution in [-0.2, 0) is 9.59 Å². The predicted molar refractivity (Wildman–Crippen MR) is 82.7 cm³/mol. The molecule has 0 heterocycles. The minimum atomic E-state index is -1.00. The number of hydrogen-bond donors (Lipinski definition) is 2. The highest BCUT2D eigenvalue weighted by atomic mass is 16.4. The first kappa shape index (κ1) is 18.0. The molecule has 6 nitrogen and oxygen atoms in total. The lowest BCUT2D eigenvalue weighted by molar-refractivity contribution is -0.140. The van der Waals surface area contributed by atoms with E-state index in [9.17, 15) is 14.9 Å². The number of nitrogens with one attached hydrogen (secondary N) is 1. The van der Waals surface area contributed by atoms with E-state index < -0.39 is 12.0 Å². The van der Waals surface area contributed by atoms with Gasteiger partial charge in [-0.15, -0.1) is 0 Å². The van der Waals surface area contributed by atoms with Crippen LogP contribution in [0.1, 0.15) is 46.0 Å². The van der Waals surface area contributed by atoms with Gasteiger partial charge in [0, 0.05) is 19.3 Å². The number of carbonyl (C=O) groups is 2. The molecule has 1 atom stereocenters. The van der Waals surface area contributed by atoms with Gasteiger partial charge in [-0.3, -0.25) is 4.79 Å². The van der Waals surface area contributed by atoms with Crippen LogP contribution in [0.3, 0.4) is 0 Å². The number of amides is 1. The molecule has 0 saturated heterocycles. The third kappa shape index (κ3) is 4.76. The van der Waals surface area contributed by atoms with Gasteiger partial charge in [-0.2, -0.15) is 5.26 Å².